The minimum absolute atomic E-state index is 0.195. The zero-order valence-corrected chi connectivity index (χ0v) is 12.2. The van der Waals surface area contributed by atoms with E-state index in [0.29, 0.717) is 21.9 Å². The molecular formula is C15H11Cl2FN2. The first-order valence-corrected chi connectivity index (χ1v) is 7.02. The Kier molecular flexibility index (Phi) is 3.40. The van der Waals surface area contributed by atoms with Crippen LogP contribution in [0.4, 0.5) is 4.39 Å². The van der Waals surface area contributed by atoms with Gasteiger partial charge in [-0.25, -0.2) is 9.37 Å². The molecule has 0 aliphatic rings. The van der Waals surface area contributed by atoms with E-state index in [2.05, 4.69) is 4.98 Å². The van der Waals surface area contributed by atoms with Crippen molar-refractivity contribution in [2.75, 3.05) is 0 Å². The van der Waals surface area contributed by atoms with Crippen LogP contribution in [-0.4, -0.2) is 9.55 Å². The van der Waals surface area contributed by atoms with Gasteiger partial charge in [-0.1, -0.05) is 23.7 Å². The lowest BCUT2D eigenvalue weighted by Crippen LogP contribution is -2.01. The molecule has 0 aliphatic heterocycles. The molecule has 1 heterocycles. The number of para-hydroxylation sites is 1. The number of halogens is 3. The Labute approximate surface area is 125 Å². The molecule has 0 radical (unpaired) electrons. The van der Waals surface area contributed by atoms with Crippen molar-refractivity contribution in [1.29, 1.82) is 0 Å². The van der Waals surface area contributed by atoms with Crippen LogP contribution in [0.15, 0.2) is 36.4 Å². The van der Waals surface area contributed by atoms with E-state index in [1.54, 1.807) is 6.07 Å². The number of nitrogens with zero attached hydrogens (tertiary/aromatic N) is 2. The molecule has 0 amide bonds. The fraction of sp³-hybridized carbons (Fsp3) is 0.133. The largest absolute Gasteiger partial charge is 0.295 e. The molecular weight excluding hydrogens is 298 g/mol. The lowest BCUT2D eigenvalue weighted by molar-refractivity contribution is 0.637. The average Bonchev–Trinajstić information content (AvgIpc) is 2.82. The van der Waals surface area contributed by atoms with Crippen LogP contribution in [0.5, 0.6) is 0 Å². The number of aromatic nitrogens is 2. The Morgan fingerprint density at radius 3 is 2.70 bits per heavy atom. The highest BCUT2D eigenvalue weighted by atomic mass is 35.5. The molecule has 0 aliphatic carbocycles. The smallest absolute Gasteiger partial charge is 0.151 e. The topological polar surface area (TPSA) is 17.8 Å². The van der Waals surface area contributed by atoms with Gasteiger partial charge < -0.3 is 0 Å². The van der Waals surface area contributed by atoms with Gasteiger partial charge in [-0.15, -0.1) is 11.6 Å². The van der Waals surface area contributed by atoms with Crippen LogP contribution in [0.2, 0.25) is 5.02 Å². The molecule has 0 bridgehead atoms. The molecule has 2 nitrogen and oxygen atoms in total. The van der Waals surface area contributed by atoms with Gasteiger partial charge in [0.05, 0.1) is 17.1 Å². The molecule has 5 heteroatoms. The second kappa shape index (κ2) is 5.08. The Morgan fingerprint density at radius 1 is 1.20 bits per heavy atom. The van der Waals surface area contributed by atoms with Crippen molar-refractivity contribution in [2.24, 2.45) is 0 Å². The van der Waals surface area contributed by atoms with E-state index in [9.17, 15) is 4.39 Å². The molecule has 0 unspecified atom stereocenters. The number of alkyl halides is 1. The van der Waals surface area contributed by atoms with Gasteiger partial charge in [-0.05, 0) is 36.8 Å². The number of rotatable bonds is 2. The van der Waals surface area contributed by atoms with E-state index >= 15 is 0 Å². The maximum absolute atomic E-state index is 13.9. The van der Waals surface area contributed by atoms with Crippen LogP contribution in [0.1, 0.15) is 11.4 Å². The molecule has 3 aromatic rings. The molecule has 2 aromatic carbocycles. The molecule has 0 N–H and O–H groups in total. The summed E-state index contributed by atoms with van der Waals surface area (Å²) >= 11 is 12.1. The monoisotopic (exact) mass is 308 g/mol. The third-order valence-corrected chi connectivity index (χ3v) is 3.95. The van der Waals surface area contributed by atoms with E-state index < -0.39 is 0 Å². The number of benzene rings is 2. The third-order valence-electron chi connectivity index (χ3n) is 3.30. The van der Waals surface area contributed by atoms with Gasteiger partial charge in [0.2, 0.25) is 0 Å². The number of fused-ring (bicyclic) bond motifs is 1. The van der Waals surface area contributed by atoms with Crippen molar-refractivity contribution in [3.8, 4) is 5.69 Å². The van der Waals surface area contributed by atoms with Gasteiger partial charge >= 0.3 is 0 Å². The normalized spacial score (nSPS) is 11.2. The first-order valence-electron chi connectivity index (χ1n) is 6.10. The van der Waals surface area contributed by atoms with E-state index in [1.807, 2.05) is 35.8 Å². The molecule has 0 spiro atoms. The summed E-state index contributed by atoms with van der Waals surface area (Å²) < 4.78 is 15.7. The fourth-order valence-corrected chi connectivity index (χ4v) is 2.66. The highest BCUT2D eigenvalue weighted by Gasteiger charge is 2.16. The maximum Gasteiger partial charge on any atom is 0.151 e. The lowest BCUT2D eigenvalue weighted by atomic mass is 10.2. The summed E-state index contributed by atoms with van der Waals surface area (Å²) in [4.78, 5) is 4.29. The zero-order chi connectivity index (χ0) is 14.3. The summed E-state index contributed by atoms with van der Waals surface area (Å²) in [5, 5.41) is 0.654. The highest BCUT2D eigenvalue weighted by molar-refractivity contribution is 6.31. The third kappa shape index (κ3) is 1.98. The van der Waals surface area contributed by atoms with E-state index in [4.69, 9.17) is 23.2 Å². The van der Waals surface area contributed by atoms with Crippen molar-refractivity contribution in [1.82, 2.24) is 9.55 Å². The summed E-state index contributed by atoms with van der Waals surface area (Å²) in [5.74, 6) is 0.435. The van der Waals surface area contributed by atoms with Crippen LogP contribution in [-0.2, 0) is 5.88 Å². The number of imidazole rings is 1. The van der Waals surface area contributed by atoms with Gasteiger partial charge in [0.1, 0.15) is 11.3 Å². The van der Waals surface area contributed by atoms with Crippen molar-refractivity contribution in [3.63, 3.8) is 0 Å². The standard InChI is InChI=1S/C15H11Cl2FN2/c1-9-10(17)4-2-6-12(9)20-13-7-3-5-11(18)15(13)19-14(20)8-16/h2-7H,8H2,1H3. The van der Waals surface area contributed by atoms with Gasteiger partial charge in [0, 0.05) is 5.02 Å². The molecule has 0 atom stereocenters. The Balaban J connectivity index is 2.41. The first-order chi connectivity index (χ1) is 9.63. The van der Waals surface area contributed by atoms with Gasteiger partial charge in [-0.3, -0.25) is 4.57 Å². The van der Waals surface area contributed by atoms with Crippen LogP contribution in [0.3, 0.4) is 0 Å². The summed E-state index contributed by atoms with van der Waals surface area (Å²) in [6.45, 7) is 1.92. The summed E-state index contributed by atoms with van der Waals surface area (Å²) in [5.41, 5.74) is 2.78. The SMILES string of the molecule is Cc1c(Cl)cccc1-n1c(CCl)nc2c(F)cccc21. The van der Waals surface area contributed by atoms with Crippen LogP contribution >= 0.6 is 23.2 Å². The van der Waals surface area contributed by atoms with Gasteiger partial charge in [0.15, 0.2) is 5.82 Å². The molecule has 102 valence electrons. The molecule has 0 saturated carbocycles. The predicted molar refractivity (Wildman–Crippen MR) is 80.3 cm³/mol. The van der Waals surface area contributed by atoms with Gasteiger partial charge in [0.25, 0.3) is 0 Å². The second-order valence-corrected chi connectivity index (χ2v) is 5.16. The minimum atomic E-state index is -0.354. The van der Waals surface area contributed by atoms with Crippen molar-refractivity contribution in [2.45, 2.75) is 12.8 Å². The minimum Gasteiger partial charge on any atom is -0.295 e. The highest BCUT2D eigenvalue weighted by Crippen LogP contribution is 2.29. The van der Waals surface area contributed by atoms with Gasteiger partial charge in [-0.2, -0.15) is 0 Å². The molecule has 0 saturated heterocycles. The Morgan fingerprint density at radius 2 is 1.95 bits per heavy atom. The molecule has 3 rings (SSSR count). The average molecular weight is 309 g/mol. The fourth-order valence-electron chi connectivity index (χ4n) is 2.31. The van der Waals surface area contributed by atoms with Crippen LogP contribution in [0, 0.1) is 12.7 Å². The van der Waals surface area contributed by atoms with Crippen molar-refractivity contribution < 1.29 is 4.39 Å². The first kappa shape index (κ1) is 13.4. The predicted octanol–water partition coefficient (Wildman–Crippen LogP) is 4.87. The maximum atomic E-state index is 13.9. The zero-order valence-electron chi connectivity index (χ0n) is 10.7. The summed E-state index contributed by atoms with van der Waals surface area (Å²) in [7, 11) is 0. The molecule has 1 aromatic heterocycles. The Bertz CT molecular complexity index is 796. The molecule has 0 fully saturated rings. The van der Waals surface area contributed by atoms with Crippen LogP contribution in [0.25, 0.3) is 16.7 Å². The van der Waals surface area contributed by atoms with Crippen molar-refractivity contribution in [3.05, 3.63) is 58.6 Å². The quantitative estimate of drug-likeness (QED) is 0.618. The Hall–Kier alpha value is -1.58. The summed E-state index contributed by atoms with van der Waals surface area (Å²) in [6, 6.07) is 10.5. The second-order valence-electron chi connectivity index (χ2n) is 4.49. The lowest BCUT2D eigenvalue weighted by Gasteiger charge is -2.12. The number of hydrogen-bond acceptors (Lipinski definition) is 1. The van der Waals surface area contributed by atoms with E-state index in [0.717, 1.165) is 11.3 Å². The van der Waals surface area contributed by atoms with Crippen molar-refractivity contribution >= 4 is 34.2 Å². The number of hydrogen-bond donors (Lipinski definition) is 0. The van der Waals surface area contributed by atoms with Crippen LogP contribution < -0.4 is 0 Å². The van der Waals surface area contributed by atoms with E-state index in [-0.39, 0.29) is 11.7 Å². The summed E-state index contributed by atoms with van der Waals surface area (Å²) in [6.07, 6.45) is 0. The van der Waals surface area contributed by atoms with E-state index in [1.165, 1.54) is 6.07 Å². The molecule has 20 heavy (non-hydrogen) atoms.